The molecule has 7 nitrogen and oxygen atoms in total. The summed E-state index contributed by atoms with van der Waals surface area (Å²) in [6.07, 6.45) is 4.82. The lowest BCUT2D eigenvalue weighted by molar-refractivity contribution is 0.0951. The van der Waals surface area contributed by atoms with E-state index in [1.807, 2.05) is 48.0 Å². The zero-order valence-corrected chi connectivity index (χ0v) is 19.9. The molecule has 0 aliphatic rings. The fourth-order valence-electron chi connectivity index (χ4n) is 3.73. The van der Waals surface area contributed by atoms with Gasteiger partial charge in [-0.05, 0) is 48.4 Å². The van der Waals surface area contributed by atoms with Crippen molar-refractivity contribution in [2.24, 2.45) is 0 Å². The highest BCUT2D eigenvalue weighted by molar-refractivity contribution is 7.92. The average molecular weight is 475 g/mol. The number of imidazole rings is 1. The van der Waals surface area contributed by atoms with Gasteiger partial charge < -0.3 is 9.88 Å². The van der Waals surface area contributed by atoms with Crippen molar-refractivity contribution < 1.29 is 13.2 Å². The topological polar surface area (TPSA) is 84.3 Å². The van der Waals surface area contributed by atoms with Crippen molar-refractivity contribution in [3.8, 4) is 5.69 Å². The Labute approximate surface area is 199 Å². The number of carbonyl (C=O) groups excluding carboxylic acids is 1. The zero-order chi connectivity index (χ0) is 24.1. The third-order valence-electron chi connectivity index (χ3n) is 5.50. The monoisotopic (exact) mass is 474 g/mol. The minimum atomic E-state index is -3.46. The molecule has 0 aliphatic carbocycles. The highest BCUT2D eigenvalue weighted by Gasteiger charge is 2.18. The second-order valence-corrected chi connectivity index (χ2v) is 9.86. The number of anilines is 1. The standard InChI is InChI=1S/C26H26N4O3S/c1-20-27-16-17-29(20)25-11-7-6-8-23(25)18-28-26(31)22-14-12-21(13-15-22)19-30(34(2,32)33)24-9-4-3-5-10-24/h3-17H,18-19H2,1-2H3,(H,28,31). The molecule has 0 unspecified atom stereocenters. The number of carbonyl (C=O) groups is 1. The van der Waals surface area contributed by atoms with Gasteiger partial charge in [0.1, 0.15) is 5.82 Å². The molecule has 0 saturated carbocycles. The number of benzene rings is 3. The maximum atomic E-state index is 12.8. The molecule has 1 aromatic heterocycles. The second-order valence-electron chi connectivity index (χ2n) is 7.96. The van der Waals surface area contributed by atoms with Gasteiger partial charge in [0, 0.05) is 24.5 Å². The minimum absolute atomic E-state index is 0.183. The van der Waals surface area contributed by atoms with Crippen molar-refractivity contribution >= 4 is 21.6 Å². The summed E-state index contributed by atoms with van der Waals surface area (Å²) in [5.41, 5.74) is 3.83. The van der Waals surface area contributed by atoms with Gasteiger partial charge in [0.05, 0.1) is 24.2 Å². The SMILES string of the molecule is Cc1nccn1-c1ccccc1CNC(=O)c1ccc(CN(c2ccccc2)S(C)(=O)=O)cc1. The van der Waals surface area contributed by atoms with E-state index in [2.05, 4.69) is 10.3 Å². The summed E-state index contributed by atoms with van der Waals surface area (Å²) in [4.78, 5) is 17.0. The minimum Gasteiger partial charge on any atom is -0.348 e. The first-order chi connectivity index (χ1) is 16.3. The van der Waals surface area contributed by atoms with Crippen LogP contribution in [0.1, 0.15) is 27.3 Å². The Morgan fingerprint density at radius 1 is 0.971 bits per heavy atom. The molecule has 1 heterocycles. The van der Waals surface area contributed by atoms with Gasteiger partial charge in [-0.15, -0.1) is 0 Å². The third-order valence-corrected chi connectivity index (χ3v) is 6.64. The molecule has 34 heavy (non-hydrogen) atoms. The molecule has 0 saturated heterocycles. The molecule has 3 aromatic carbocycles. The number of rotatable bonds is 8. The van der Waals surface area contributed by atoms with E-state index < -0.39 is 10.0 Å². The molecular weight excluding hydrogens is 448 g/mol. The number of para-hydroxylation sites is 2. The van der Waals surface area contributed by atoms with Crippen LogP contribution in [0.4, 0.5) is 5.69 Å². The average Bonchev–Trinajstić information content (AvgIpc) is 3.27. The summed E-state index contributed by atoms with van der Waals surface area (Å²) in [5, 5.41) is 2.97. The Bertz CT molecular complexity index is 1380. The fraction of sp³-hybridized carbons (Fsp3) is 0.154. The van der Waals surface area contributed by atoms with Gasteiger partial charge in [-0.1, -0.05) is 48.5 Å². The Hall–Kier alpha value is -3.91. The number of amides is 1. The number of aryl methyl sites for hydroxylation is 1. The van der Waals surface area contributed by atoms with Crippen LogP contribution < -0.4 is 9.62 Å². The number of hydrogen-bond acceptors (Lipinski definition) is 4. The Morgan fingerprint density at radius 2 is 1.65 bits per heavy atom. The second kappa shape index (κ2) is 9.93. The molecule has 0 atom stereocenters. The number of nitrogens with zero attached hydrogens (tertiary/aromatic N) is 3. The van der Waals surface area contributed by atoms with Crippen LogP contribution in [0.15, 0.2) is 91.3 Å². The first kappa shape index (κ1) is 23.3. The molecule has 4 aromatic rings. The first-order valence-corrected chi connectivity index (χ1v) is 12.7. The van der Waals surface area contributed by atoms with Crippen LogP contribution in [0.2, 0.25) is 0 Å². The number of hydrogen-bond donors (Lipinski definition) is 1. The molecule has 1 amide bonds. The van der Waals surface area contributed by atoms with Crippen LogP contribution >= 0.6 is 0 Å². The van der Waals surface area contributed by atoms with Crippen LogP contribution in [-0.2, 0) is 23.1 Å². The summed E-state index contributed by atoms with van der Waals surface area (Å²) < 4.78 is 28.0. The third kappa shape index (κ3) is 5.35. The fourth-order valence-corrected chi connectivity index (χ4v) is 4.62. The lowest BCUT2D eigenvalue weighted by Gasteiger charge is -2.22. The van der Waals surface area contributed by atoms with Crippen LogP contribution in [0.5, 0.6) is 0 Å². The largest absolute Gasteiger partial charge is 0.348 e. The molecular formula is C26H26N4O3S. The van der Waals surface area contributed by atoms with E-state index in [0.717, 1.165) is 22.6 Å². The lowest BCUT2D eigenvalue weighted by atomic mass is 10.1. The van der Waals surface area contributed by atoms with E-state index in [1.54, 1.807) is 54.7 Å². The molecule has 8 heteroatoms. The van der Waals surface area contributed by atoms with E-state index in [0.29, 0.717) is 17.8 Å². The Balaban J connectivity index is 1.45. The molecule has 0 fully saturated rings. The smallest absolute Gasteiger partial charge is 0.251 e. The van der Waals surface area contributed by atoms with E-state index in [-0.39, 0.29) is 12.5 Å². The van der Waals surface area contributed by atoms with Gasteiger partial charge in [0.2, 0.25) is 10.0 Å². The van der Waals surface area contributed by atoms with Gasteiger partial charge >= 0.3 is 0 Å². The summed E-state index contributed by atoms with van der Waals surface area (Å²) in [5.74, 6) is 0.666. The van der Waals surface area contributed by atoms with Gasteiger partial charge in [-0.25, -0.2) is 13.4 Å². The van der Waals surface area contributed by atoms with Gasteiger partial charge in [0.15, 0.2) is 0 Å². The highest BCUT2D eigenvalue weighted by atomic mass is 32.2. The molecule has 4 rings (SSSR count). The summed E-state index contributed by atoms with van der Waals surface area (Å²) in [7, 11) is -3.46. The maximum Gasteiger partial charge on any atom is 0.251 e. The predicted octanol–water partition coefficient (Wildman–Crippen LogP) is 4.08. The normalized spacial score (nSPS) is 11.2. The summed E-state index contributed by atoms with van der Waals surface area (Å²) in [6.45, 7) is 2.48. The Kier molecular flexibility index (Phi) is 6.79. The van der Waals surface area contributed by atoms with Crippen molar-refractivity contribution in [1.29, 1.82) is 0 Å². The maximum absolute atomic E-state index is 12.8. The van der Waals surface area contributed by atoms with Crippen LogP contribution in [0.25, 0.3) is 5.69 Å². The number of sulfonamides is 1. The molecule has 0 bridgehead atoms. The highest BCUT2D eigenvalue weighted by Crippen LogP contribution is 2.20. The summed E-state index contributed by atoms with van der Waals surface area (Å²) >= 11 is 0. The summed E-state index contributed by atoms with van der Waals surface area (Å²) in [6, 6.07) is 23.8. The van der Waals surface area contributed by atoms with E-state index in [1.165, 1.54) is 10.6 Å². The van der Waals surface area contributed by atoms with Gasteiger partial charge in [-0.2, -0.15) is 0 Å². The number of nitrogens with one attached hydrogen (secondary N) is 1. The van der Waals surface area contributed by atoms with Crippen LogP contribution in [-0.4, -0.2) is 30.1 Å². The van der Waals surface area contributed by atoms with Crippen LogP contribution in [0, 0.1) is 6.92 Å². The zero-order valence-electron chi connectivity index (χ0n) is 19.0. The number of aromatic nitrogens is 2. The van der Waals surface area contributed by atoms with Crippen molar-refractivity contribution in [3.63, 3.8) is 0 Å². The van der Waals surface area contributed by atoms with E-state index >= 15 is 0 Å². The van der Waals surface area contributed by atoms with Crippen molar-refractivity contribution in [2.75, 3.05) is 10.6 Å². The molecule has 174 valence electrons. The van der Waals surface area contributed by atoms with Crippen molar-refractivity contribution in [2.45, 2.75) is 20.0 Å². The molecule has 0 radical (unpaired) electrons. The quantitative estimate of drug-likeness (QED) is 0.417. The van der Waals surface area contributed by atoms with Crippen molar-refractivity contribution in [3.05, 3.63) is 114 Å². The molecule has 0 aliphatic heterocycles. The van der Waals surface area contributed by atoms with E-state index in [4.69, 9.17) is 0 Å². The first-order valence-electron chi connectivity index (χ1n) is 10.8. The predicted molar refractivity (Wildman–Crippen MR) is 133 cm³/mol. The van der Waals surface area contributed by atoms with Gasteiger partial charge in [-0.3, -0.25) is 9.10 Å². The lowest BCUT2D eigenvalue weighted by Crippen LogP contribution is -2.29. The van der Waals surface area contributed by atoms with Crippen molar-refractivity contribution in [1.82, 2.24) is 14.9 Å². The van der Waals surface area contributed by atoms with E-state index in [9.17, 15) is 13.2 Å². The molecule has 1 N–H and O–H groups in total. The van der Waals surface area contributed by atoms with Crippen LogP contribution in [0.3, 0.4) is 0 Å². The molecule has 0 spiro atoms. The Morgan fingerprint density at radius 3 is 2.29 bits per heavy atom. The van der Waals surface area contributed by atoms with Gasteiger partial charge in [0.25, 0.3) is 5.91 Å².